The van der Waals surface area contributed by atoms with Crippen LogP contribution in [0, 0.1) is 0 Å². The Morgan fingerprint density at radius 2 is 1.94 bits per heavy atom. The molecule has 1 saturated carbocycles. The molecule has 1 fully saturated rings. The topological polar surface area (TPSA) is 88.0 Å². The minimum atomic E-state index is -0.640. The van der Waals surface area contributed by atoms with Gasteiger partial charge in [-0.1, -0.05) is 0 Å². The van der Waals surface area contributed by atoms with Crippen LogP contribution in [0.2, 0.25) is 0 Å². The maximum Gasteiger partial charge on any atom is 0.191 e. The van der Waals surface area contributed by atoms with E-state index in [-0.39, 0.29) is 30.1 Å². The highest BCUT2D eigenvalue weighted by molar-refractivity contribution is 14.0. The molecule has 8 heteroatoms. The molecule has 0 amide bonds. The number of ether oxygens (including phenoxy) is 2. The summed E-state index contributed by atoms with van der Waals surface area (Å²) in [5, 5.41) is 16.8. The minimum absolute atomic E-state index is 0. The number of benzene rings is 1. The second kappa shape index (κ2) is 13.4. The Kier molecular flexibility index (Phi) is 10.9. The zero-order valence-electron chi connectivity index (χ0n) is 18.2. The second-order valence-electron chi connectivity index (χ2n) is 7.37. The van der Waals surface area contributed by atoms with E-state index in [9.17, 15) is 5.11 Å². The van der Waals surface area contributed by atoms with E-state index in [0.717, 1.165) is 42.0 Å². The number of halogens is 1. The van der Waals surface area contributed by atoms with E-state index >= 15 is 0 Å². The summed E-state index contributed by atoms with van der Waals surface area (Å²) in [5.74, 6) is 2.26. The third-order valence-electron chi connectivity index (χ3n) is 5.18. The molecule has 1 heterocycles. The van der Waals surface area contributed by atoms with Gasteiger partial charge < -0.3 is 25.2 Å². The fraction of sp³-hybridized carbons (Fsp3) is 0.478. The number of aliphatic hydroxyl groups is 1. The Morgan fingerprint density at radius 1 is 1.19 bits per heavy atom. The number of pyridine rings is 1. The summed E-state index contributed by atoms with van der Waals surface area (Å²) in [6.07, 6.45) is 7.60. The molecule has 1 aliphatic carbocycles. The summed E-state index contributed by atoms with van der Waals surface area (Å²) in [4.78, 5) is 8.67. The van der Waals surface area contributed by atoms with E-state index in [1.807, 2.05) is 25.1 Å². The van der Waals surface area contributed by atoms with Gasteiger partial charge in [0.05, 0.1) is 25.9 Å². The van der Waals surface area contributed by atoms with Gasteiger partial charge >= 0.3 is 0 Å². The first-order valence-corrected chi connectivity index (χ1v) is 10.6. The summed E-state index contributed by atoms with van der Waals surface area (Å²) in [7, 11) is 1.66. The van der Waals surface area contributed by atoms with E-state index < -0.39 is 6.10 Å². The molecule has 0 radical (unpaired) electrons. The smallest absolute Gasteiger partial charge is 0.191 e. The first kappa shape index (κ1) is 25.2. The first-order chi connectivity index (χ1) is 14.7. The number of nitrogens with one attached hydrogen (secondary N) is 2. The molecular weight excluding hydrogens is 507 g/mol. The van der Waals surface area contributed by atoms with Crippen molar-refractivity contribution in [3.8, 4) is 11.5 Å². The summed E-state index contributed by atoms with van der Waals surface area (Å²) in [6.45, 7) is 3.56. The van der Waals surface area contributed by atoms with Crippen molar-refractivity contribution in [2.45, 2.75) is 51.4 Å². The lowest BCUT2D eigenvalue weighted by Crippen LogP contribution is -2.39. The van der Waals surface area contributed by atoms with Gasteiger partial charge in [-0.15, -0.1) is 24.0 Å². The molecule has 1 aromatic heterocycles. The molecular formula is C23H33IN4O3. The summed E-state index contributed by atoms with van der Waals surface area (Å²) in [6, 6.07) is 9.49. The van der Waals surface area contributed by atoms with Gasteiger partial charge in [0, 0.05) is 37.1 Å². The van der Waals surface area contributed by atoms with Gasteiger partial charge in [0.2, 0.25) is 0 Å². The fourth-order valence-electron chi connectivity index (χ4n) is 3.49. The molecule has 7 nitrogen and oxygen atoms in total. The van der Waals surface area contributed by atoms with Crippen LogP contribution in [0.4, 0.5) is 0 Å². The molecule has 2 aromatic rings. The predicted molar refractivity (Wildman–Crippen MR) is 133 cm³/mol. The third-order valence-corrected chi connectivity index (χ3v) is 5.18. The van der Waals surface area contributed by atoms with E-state index in [2.05, 4.69) is 15.6 Å². The van der Waals surface area contributed by atoms with Crippen molar-refractivity contribution in [3.05, 3.63) is 53.9 Å². The van der Waals surface area contributed by atoms with Crippen molar-refractivity contribution in [1.29, 1.82) is 0 Å². The largest absolute Gasteiger partial charge is 0.497 e. The lowest BCUT2D eigenvalue weighted by molar-refractivity contribution is 0.180. The zero-order chi connectivity index (χ0) is 21.2. The minimum Gasteiger partial charge on any atom is -0.497 e. The molecule has 31 heavy (non-hydrogen) atoms. The van der Waals surface area contributed by atoms with E-state index in [1.54, 1.807) is 31.6 Å². The summed E-state index contributed by atoms with van der Waals surface area (Å²) < 4.78 is 11.6. The van der Waals surface area contributed by atoms with Crippen LogP contribution in [0.15, 0.2) is 47.7 Å². The SMILES string of the molecule is CCNC(=NCc1ccc(OC)cc1OC1CCCC1)NCC(O)c1ccncc1.I. The van der Waals surface area contributed by atoms with Crippen LogP contribution in [0.1, 0.15) is 49.8 Å². The Morgan fingerprint density at radius 3 is 2.61 bits per heavy atom. The lowest BCUT2D eigenvalue weighted by Gasteiger charge is -2.18. The van der Waals surface area contributed by atoms with E-state index in [0.29, 0.717) is 19.0 Å². The molecule has 3 N–H and O–H groups in total. The number of aliphatic hydroxyl groups excluding tert-OH is 1. The number of nitrogens with zero attached hydrogens (tertiary/aromatic N) is 2. The van der Waals surface area contributed by atoms with Crippen LogP contribution < -0.4 is 20.1 Å². The third kappa shape index (κ3) is 7.84. The highest BCUT2D eigenvalue weighted by atomic mass is 127. The van der Waals surface area contributed by atoms with Crippen molar-refractivity contribution in [3.63, 3.8) is 0 Å². The van der Waals surface area contributed by atoms with E-state index in [4.69, 9.17) is 14.5 Å². The van der Waals surface area contributed by atoms with Crippen molar-refractivity contribution in [2.24, 2.45) is 4.99 Å². The van der Waals surface area contributed by atoms with Crippen LogP contribution in [-0.2, 0) is 6.54 Å². The molecule has 0 aliphatic heterocycles. The normalized spacial score (nSPS) is 15.1. The van der Waals surface area contributed by atoms with Gasteiger partial charge in [0.1, 0.15) is 11.5 Å². The highest BCUT2D eigenvalue weighted by Gasteiger charge is 2.18. The average Bonchev–Trinajstić information content (AvgIpc) is 3.29. The van der Waals surface area contributed by atoms with Crippen molar-refractivity contribution < 1.29 is 14.6 Å². The highest BCUT2D eigenvalue weighted by Crippen LogP contribution is 2.30. The van der Waals surface area contributed by atoms with Gasteiger partial charge in [0.15, 0.2) is 5.96 Å². The standard InChI is InChI=1S/C23H32N4O3.HI/c1-3-25-23(27-16-21(28)17-10-12-24-13-11-17)26-15-18-8-9-20(29-2)14-22(18)30-19-6-4-5-7-19;/h8-14,19,21,28H,3-7,15-16H2,1-2H3,(H2,25,26,27);1H. The fourth-order valence-corrected chi connectivity index (χ4v) is 3.49. The number of aromatic nitrogens is 1. The van der Waals surface area contributed by atoms with Crippen LogP contribution >= 0.6 is 24.0 Å². The molecule has 1 aliphatic rings. The zero-order valence-corrected chi connectivity index (χ0v) is 20.5. The van der Waals surface area contributed by atoms with Gasteiger partial charge in [0.25, 0.3) is 0 Å². The van der Waals surface area contributed by atoms with Gasteiger partial charge in [-0.25, -0.2) is 4.99 Å². The molecule has 1 unspecified atom stereocenters. The number of hydrogen-bond donors (Lipinski definition) is 3. The van der Waals surface area contributed by atoms with Gasteiger partial charge in [-0.05, 0) is 62.4 Å². The molecule has 0 spiro atoms. The Bertz CT molecular complexity index is 814. The maximum absolute atomic E-state index is 10.4. The van der Waals surface area contributed by atoms with Crippen molar-refractivity contribution in [1.82, 2.24) is 15.6 Å². The van der Waals surface area contributed by atoms with Gasteiger partial charge in [-0.3, -0.25) is 4.98 Å². The predicted octanol–water partition coefficient (Wildman–Crippen LogP) is 3.82. The molecule has 0 saturated heterocycles. The van der Waals surface area contributed by atoms with E-state index in [1.165, 1.54) is 12.8 Å². The summed E-state index contributed by atoms with van der Waals surface area (Å²) >= 11 is 0. The van der Waals surface area contributed by atoms with Crippen LogP contribution in [0.5, 0.6) is 11.5 Å². The number of aliphatic imine (C=N–C) groups is 1. The number of rotatable bonds is 9. The monoisotopic (exact) mass is 540 g/mol. The Hall–Kier alpha value is -2.07. The number of guanidine groups is 1. The van der Waals surface area contributed by atoms with Crippen molar-refractivity contribution in [2.75, 3.05) is 20.2 Å². The molecule has 0 bridgehead atoms. The summed E-state index contributed by atoms with van der Waals surface area (Å²) in [5.41, 5.74) is 1.82. The van der Waals surface area contributed by atoms with Crippen molar-refractivity contribution >= 4 is 29.9 Å². The lowest BCUT2D eigenvalue weighted by atomic mass is 10.1. The first-order valence-electron chi connectivity index (χ1n) is 10.6. The molecule has 1 atom stereocenters. The van der Waals surface area contributed by atoms with Crippen LogP contribution in [-0.4, -0.2) is 42.4 Å². The maximum atomic E-state index is 10.4. The number of hydrogen-bond acceptors (Lipinski definition) is 5. The molecule has 3 rings (SSSR count). The van der Waals surface area contributed by atoms with Crippen LogP contribution in [0.25, 0.3) is 0 Å². The van der Waals surface area contributed by atoms with Crippen LogP contribution in [0.3, 0.4) is 0 Å². The Balaban J connectivity index is 0.00000341. The number of methoxy groups -OCH3 is 1. The second-order valence-corrected chi connectivity index (χ2v) is 7.37. The molecule has 1 aromatic carbocycles. The quantitative estimate of drug-likeness (QED) is 0.255. The molecule has 170 valence electrons. The Labute approximate surface area is 201 Å². The van der Waals surface area contributed by atoms with Gasteiger partial charge in [-0.2, -0.15) is 0 Å². The average molecular weight is 540 g/mol.